The number of nitrogens with one attached hydrogen (secondary N) is 1. The zero-order chi connectivity index (χ0) is 30.7. The first kappa shape index (κ1) is 29.5. The molecule has 1 unspecified atom stereocenters. The summed E-state index contributed by atoms with van der Waals surface area (Å²) in [5.74, 6) is 0.681. The molecule has 0 aliphatic carbocycles. The molecule has 7 heteroatoms. The number of rotatable bonds is 10. The molecule has 2 heterocycles. The quantitative estimate of drug-likeness (QED) is 0.229. The first-order chi connectivity index (χ1) is 21.3. The number of carbonyl (C=O) groups excluding carboxylic acids is 1. The molecule has 0 fully saturated rings. The molecular formula is C37H39N3O4. The minimum absolute atomic E-state index is 0.0862. The zero-order valence-corrected chi connectivity index (χ0v) is 25.5. The van der Waals surface area contributed by atoms with E-state index in [4.69, 9.17) is 20.0 Å². The minimum Gasteiger partial charge on any atom is -0.488 e. The lowest BCUT2D eigenvalue weighted by atomic mass is 9.77. The molecule has 0 saturated heterocycles. The second kappa shape index (κ2) is 12.6. The van der Waals surface area contributed by atoms with Crippen molar-refractivity contribution < 1.29 is 19.1 Å². The van der Waals surface area contributed by atoms with Crippen LogP contribution in [0.2, 0.25) is 0 Å². The van der Waals surface area contributed by atoms with E-state index in [2.05, 4.69) is 43.4 Å². The standard InChI is InChI=1S/C37H39N3O4/c1-25(2)31-19-32(35(43-23-27-12-8-5-9-13-27)20-34(31)42-22-26-10-6-4-7-11-26)37(36(38)41)33(24-44-39-37)29-14-15-30-21-40(3)17-16-28(30)18-29/h4-15,18-20,24-25,39H,16-17,21-23H2,1-3H3,(H2,38,41). The lowest BCUT2D eigenvalue weighted by Gasteiger charge is -2.32. The van der Waals surface area contributed by atoms with E-state index in [1.54, 1.807) is 6.26 Å². The van der Waals surface area contributed by atoms with E-state index in [0.717, 1.165) is 41.8 Å². The smallest absolute Gasteiger partial charge is 0.250 e. The molecule has 0 aromatic heterocycles. The molecule has 0 bridgehead atoms. The number of nitrogens with two attached hydrogens (primary N) is 1. The molecule has 6 rings (SSSR count). The molecule has 2 aliphatic rings. The Morgan fingerprint density at radius 1 is 0.909 bits per heavy atom. The molecule has 1 atom stereocenters. The van der Waals surface area contributed by atoms with Crippen LogP contribution in [0.25, 0.3) is 5.57 Å². The number of hydrogen-bond donors (Lipinski definition) is 2. The molecule has 0 spiro atoms. The van der Waals surface area contributed by atoms with Crippen LogP contribution in [0.3, 0.4) is 0 Å². The van der Waals surface area contributed by atoms with Gasteiger partial charge >= 0.3 is 0 Å². The second-order valence-corrected chi connectivity index (χ2v) is 11.9. The Labute approximate surface area is 259 Å². The summed E-state index contributed by atoms with van der Waals surface area (Å²) in [7, 11) is 2.13. The number of primary amides is 1. The van der Waals surface area contributed by atoms with Crippen LogP contribution in [-0.4, -0.2) is 24.4 Å². The Morgan fingerprint density at radius 2 is 1.57 bits per heavy atom. The molecular weight excluding hydrogens is 550 g/mol. The van der Waals surface area contributed by atoms with Crippen LogP contribution in [0.4, 0.5) is 0 Å². The van der Waals surface area contributed by atoms with E-state index in [-0.39, 0.29) is 5.92 Å². The number of nitrogens with zero attached hydrogens (tertiary/aromatic N) is 1. The van der Waals surface area contributed by atoms with Crippen molar-refractivity contribution in [1.82, 2.24) is 10.4 Å². The van der Waals surface area contributed by atoms with E-state index >= 15 is 0 Å². The largest absolute Gasteiger partial charge is 0.488 e. The van der Waals surface area contributed by atoms with Gasteiger partial charge in [-0.3, -0.25) is 4.79 Å². The number of ether oxygens (including phenoxy) is 2. The Hall–Kier alpha value is -4.59. The van der Waals surface area contributed by atoms with Crippen LogP contribution >= 0.6 is 0 Å². The van der Waals surface area contributed by atoms with Crippen LogP contribution in [0.1, 0.15) is 58.7 Å². The van der Waals surface area contributed by atoms with Gasteiger partial charge in [0.1, 0.15) is 31.0 Å². The average Bonchev–Trinajstić information content (AvgIpc) is 3.49. The van der Waals surface area contributed by atoms with Crippen LogP contribution in [0.5, 0.6) is 11.5 Å². The fourth-order valence-electron chi connectivity index (χ4n) is 6.02. The first-order valence-electron chi connectivity index (χ1n) is 15.1. The first-order valence-corrected chi connectivity index (χ1v) is 15.1. The number of hydroxylamine groups is 1. The molecule has 7 nitrogen and oxygen atoms in total. The average molecular weight is 590 g/mol. The van der Waals surface area contributed by atoms with Crippen molar-refractivity contribution in [3.63, 3.8) is 0 Å². The summed E-state index contributed by atoms with van der Waals surface area (Å²) >= 11 is 0. The van der Waals surface area contributed by atoms with Crippen molar-refractivity contribution >= 4 is 11.5 Å². The van der Waals surface area contributed by atoms with E-state index < -0.39 is 11.4 Å². The van der Waals surface area contributed by atoms with Gasteiger partial charge in [-0.2, -0.15) is 0 Å². The topological polar surface area (TPSA) is 86.1 Å². The van der Waals surface area contributed by atoms with Crippen molar-refractivity contribution in [1.29, 1.82) is 0 Å². The molecule has 0 saturated carbocycles. The van der Waals surface area contributed by atoms with E-state index in [9.17, 15) is 4.79 Å². The van der Waals surface area contributed by atoms with Gasteiger partial charge in [0.2, 0.25) is 0 Å². The fraction of sp³-hybridized carbons (Fsp3) is 0.270. The maximum absolute atomic E-state index is 13.7. The number of likely N-dealkylation sites (N-methyl/N-ethyl adjacent to an activating group) is 1. The molecule has 2 aliphatic heterocycles. The number of fused-ring (bicyclic) bond motifs is 1. The summed E-state index contributed by atoms with van der Waals surface area (Å²) in [6.07, 6.45) is 2.53. The van der Waals surface area contributed by atoms with Gasteiger partial charge in [-0.05, 0) is 58.8 Å². The van der Waals surface area contributed by atoms with Crippen molar-refractivity contribution in [3.05, 3.63) is 136 Å². The maximum Gasteiger partial charge on any atom is 0.250 e. The third-order valence-electron chi connectivity index (χ3n) is 8.50. The van der Waals surface area contributed by atoms with Crippen LogP contribution < -0.4 is 20.7 Å². The van der Waals surface area contributed by atoms with Gasteiger partial charge in [-0.1, -0.05) is 92.7 Å². The Balaban J connectivity index is 1.46. The predicted molar refractivity (Wildman–Crippen MR) is 172 cm³/mol. The van der Waals surface area contributed by atoms with Crippen molar-refractivity contribution in [2.24, 2.45) is 5.73 Å². The van der Waals surface area contributed by atoms with Crippen LogP contribution in [-0.2, 0) is 41.4 Å². The van der Waals surface area contributed by atoms with Gasteiger partial charge in [-0.25, -0.2) is 0 Å². The van der Waals surface area contributed by atoms with E-state index in [0.29, 0.717) is 35.8 Å². The SMILES string of the molecule is CC(C)c1cc(C2(C(N)=O)NOC=C2c2ccc3c(c2)CCN(C)C3)c(OCc2ccccc2)cc1OCc1ccccc1. The number of amides is 1. The minimum atomic E-state index is -1.49. The lowest BCUT2D eigenvalue weighted by Crippen LogP contribution is -2.50. The summed E-state index contributed by atoms with van der Waals surface area (Å²) in [6.45, 7) is 6.77. The fourth-order valence-corrected chi connectivity index (χ4v) is 6.02. The molecule has 226 valence electrons. The van der Waals surface area contributed by atoms with Crippen LogP contribution in [0.15, 0.2) is 97.3 Å². The van der Waals surface area contributed by atoms with Crippen LogP contribution in [0, 0.1) is 0 Å². The highest BCUT2D eigenvalue weighted by atomic mass is 16.6. The third-order valence-corrected chi connectivity index (χ3v) is 8.50. The molecule has 1 amide bonds. The monoisotopic (exact) mass is 589 g/mol. The summed E-state index contributed by atoms with van der Waals surface area (Å²) < 4.78 is 12.9. The zero-order valence-electron chi connectivity index (χ0n) is 25.5. The summed E-state index contributed by atoms with van der Waals surface area (Å²) in [5.41, 5.74) is 15.5. The highest BCUT2D eigenvalue weighted by Crippen LogP contribution is 2.47. The highest BCUT2D eigenvalue weighted by Gasteiger charge is 2.50. The Morgan fingerprint density at radius 3 is 2.20 bits per heavy atom. The lowest BCUT2D eigenvalue weighted by molar-refractivity contribution is -0.125. The van der Waals surface area contributed by atoms with E-state index in [1.165, 1.54) is 11.1 Å². The summed E-state index contributed by atoms with van der Waals surface area (Å²) in [6, 6.07) is 30.2. The molecule has 3 N–H and O–H groups in total. The van der Waals surface area contributed by atoms with Crippen molar-refractivity contribution in [2.45, 2.75) is 51.5 Å². The molecule has 0 radical (unpaired) electrons. The molecule has 4 aromatic rings. The van der Waals surface area contributed by atoms with Gasteiger partial charge in [0.05, 0.1) is 0 Å². The van der Waals surface area contributed by atoms with E-state index in [1.807, 2.05) is 78.9 Å². The normalized spacial score (nSPS) is 18.0. The second-order valence-electron chi connectivity index (χ2n) is 11.9. The Bertz CT molecular complexity index is 1670. The number of benzene rings is 4. The summed E-state index contributed by atoms with van der Waals surface area (Å²) in [5, 5.41) is 0. The van der Waals surface area contributed by atoms with Gasteiger partial charge in [0.15, 0.2) is 5.54 Å². The Kier molecular flexibility index (Phi) is 8.42. The summed E-state index contributed by atoms with van der Waals surface area (Å²) in [4.78, 5) is 21.7. The highest BCUT2D eigenvalue weighted by molar-refractivity contribution is 6.02. The third kappa shape index (κ3) is 5.81. The molecule has 4 aromatic carbocycles. The van der Waals surface area contributed by atoms with Gasteiger partial charge < -0.3 is 24.9 Å². The molecule has 44 heavy (non-hydrogen) atoms. The predicted octanol–water partition coefficient (Wildman–Crippen LogP) is 6.21. The van der Waals surface area contributed by atoms with Gasteiger partial charge in [0.25, 0.3) is 5.91 Å². The van der Waals surface area contributed by atoms with Crippen molar-refractivity contribution in [3.8, 4) is 11.5 Å². The van der Waals surface area contributed by atoms with Gasteiger partial charge in [0, 0.05) is 30.3 Å². The van der Waals surface area contributed by atoms with Crippen molar-refractivity contribution in [2.75, 3.05) is 13.6 Å². The number of hydrogen-bond acceptors (Lipinski definition) is 6. The van der Waals surface area contributed by atoms with Gasteiger partial charge in [-0.15, -0.1) is 5.48 Å². The maximum atomic E-state index is 13.7. The number of carbonyl (C=O) groups is 1.